The fourth-order valence-corrected chi connectivity index (χ4v) is 3.04. The maximum absolute atomic E-state index is 14.2. The number of carbonyl (C=O) groups excluding carboxylic acids is 1. The van der Waals surface area contributed by atoms with Gasteiger partial charge in [-0.05, 0) is 29.8 Å². The number of carbonyl (C=O) groups is 1. The molecule has 4 rings (SSSR count). The molecule has 2 aromatic carbocycles. The summed E-state index contributed by atoms with van der Waals surface area (Å²) in [6, 6.07) is 7.97. The number of hydrogen-bond donors (Lipinski definition) is 1. The van der Waals surface area contributed by atoms with Gasteiger partial charge in [-0.3, -0.25) is 4.79 Å². The lowest BCUT2D eigenvalue weighted by Gasteiger charge is -2.18. The summed E-state index contributed by atoms with van der Waals surface area (Å²) in [7, 11) is 0. The van der Waals surface area contributed by atoms with E-state index >= 15 is 0 Å². The zero-order valence-corrected chi connectivity index (χ0v) is 11.9. The van der Waals surface area contributed by atoms with E-state index in [9.17, 15) is 18.0 Å². The fraction of sp³-hybridized carbons (Fsp3) is 0.118. The van der Waals surface area contributed by atoms with Crippen molar-refractivity contribution in [1.82, 2.24) is 9.88 Å². The van der Waals surface area contributed by atoms with Crippen LogP contribution in [0.3, 0.4) is 0 Å². The molecule has 1 aliphatic heterocycles. The van der Waals surface area contributed by atoms with Crippen LogP contribution in [-0.2, 0) is 6.54 Å². The van der Waals surface area contributed by atoms with Crippen molar-refractivity contribution in [3.8, 4) is 11.1 Å². The van der Waals surface area contributed by atoms with Gasteiger partial charge in [-0.1, -0.05) is 12.1 Å². The topological polar surface area (TPSA) is 34.0 Å². The van der Waals surface area contributed by atoms with E-state index < -0.39 is 17.5 Å². The van der Waals surface area contributed by atoms with E-state index in [1.54, 1.807) is 4.57 Å². The number of nitrogens with one attached hydrogen (secondary N) is 1. The lowest BCUT2D eigenvalue weighted by molar-refractivity contribution is 0.0929. The number of hydrogen-bond acceptors (Lipinski definition) is 1. The summed E-state index contributed by atoms with van der Waals surface area (Å²) in [5.74, 6) is -2.72. The third-order valence-corrected chi connectivity index (χ3v) is 4.08. The monoisotopic (exact) mass is 316 g/mol. The summed E-state index contributed by atoms with van der Waals surface area (Å²) in [6.45, 7) is 0.876. The first-order valence-electron chi connectivity index (χ1n) is 7.11. The number of amides is 1. The van der Waals surface area contributed by atoms with E-state index in [0.29, 0.717) is 35.4 Å². The van der Waals surface area contributed by atoms with Crippen LogP contribution in [0.25, 0.3) is 22.0 Å². The number of fused-ring (bicyclic) bond motifs is 3. The Bertz CT molecular complexity index is 945. The molecule has 0 aliphatic carbocycles. The zero-order chi connectivity index (χ0) is 16.1. The van der Waals surface area contributed by atoms with Crippen molar-refractivity contribution in [3.63, 3.8) is 0 Å². The summed E-state index contributed by atoms with van der Waals surface area (Å²) in [5, 5.41) is 2.73. The van der Waals surface area contributed by atoms with Crippen LogP contribution in [-0.4, -0.2) is 17.0 Å². The Hall–Kier alpha value is -2.76. The molecule has 0 atom stereocenters. The van der Waals surface area contributed by atoms with Crippen molar-refractivity contribution in [1.29, 1.82) is 0 Å². The summed E-state index contributed by atoms with van der Waals surface area (Å²) in [5.41, 5.74) is 1.72. The molecule has 2 heterocycles. The van der Waals surface area contributed by atoms with Crippen LogP contribution in [0.1, 0.15) is 10.5 Å². The van der Waals surface area contributed by atoms with Crippen LogP contribution in [0.4, 0.5) is 13.2 Å². The number of benzene rings is 2. The second-order valence-corrected chi connectivity index (χ2v) is 5.43. The average molecular weight is 316 g/mol. The predicted octanol–water partition coefficient (Wildman–Crippen LogP) is 3.47. The molecule has 1 N–H and O–H groups in total. The first kappa shape index (κ1) is 13.9. The largest absolute Gasteiger partial charge is 0.349 e. The first-order valence-corrected chi connectivity index (χ1v) is 7.11. The third-order valence-electron chi connectivity index (χ3n) is 4.08. The molecule has 3 nitrogen and oxygen atoms in total. The Morgan fingerprint density at radius 2 is 1.78 bits per heavy atom. The summed E-state index contributed by atoms with van der Waals surface area (Å²) in [6.07, 6.45) is 0. The van der Waals surface area contributed by atoms with Gasteiger partial charge in [0.15, 0.2) is 11.6 Å². The molecule has 1 amide bonds. The van der Waals surface area contributed by atoms with Crippen LogP contribution < -0.4 is 5.32 Å². The number of rotatable bonds is 1. The molecule has 6 heteroatoms. The van der Waals surface area contributed by atoms with Crippen LogP contribution in [0.15, 0.2) is 36.4 Å². The van der Waals surface area contributed by atoms with Crippen molar-refractivity contribution in [2.45, 2.75) is 6.54 Å². The highest BCUT2D eigenvalue weighted by Gasteiger charge is 2.25. The summed E-state index contributed by atoms with van der Waals surface area (Å²) < 4.78 is 43.0. The SMILES string of the molecule is O=C1NCCn2c1cc1c(F)c(F)cc(-c3ccc(F)cc3)c12. The van der Waals surface area contributed by atoms with Gasteiger partial charge in [0.2, 0.25) is 0 Å². The molecule has 0 radical (unpaired) electrons. The van der Waals surface area contributed by atoms with E-state index in [0.717, 1.165) is 6.07 Å². The van der Waals surface area contributed by atoms with Gasteiger partial charge in [0, 0.05) is 24.0 Å². The molecule has 0 bridgehead atoms. The van der Waals surface area contributed by atoms with E-state index in [1.807, 2.05) is 0 Å². The number of halogens is 3. The highest BCUT2D eigenvalue weighted by atomic mass is 19.2. The fourth-order valence-electron chi connectivity index (χ4n) is 3.04. The Labute approximate surface area is 129 Å². The van der Waals surface area contributed by atoms with E-state index in [1.165, 1.54) is 30.3 Å². The van der Waals surface area contributed by atoms with Gasteiger partial charge in [0.1, 0.15) is 11.5 Å². The Balaban J connectivity index is 2.09. The molecule has 116 valence electrons. The van der Waals surface area contributed by atoms with Gasteiger partial charge in [0.25, 0.3) is 5.91 Å². The van der Waals surface area contributed by atoms with Crippen LogP contribution in [0, 0.1) is 17.5 Å². The van der Waals surface area contributed by atoms with Gasteiger partial charge < -0.3 is 9.88 Å². The highest BCUT2D eigenvalue weighted by Crippen LogP contribution is 2.35. The molecule has 3 aromatic rings. The average Bonchev–Trinajstić information content (AvgIpc) is 2.93. The molecule has 23 heavy (non-hydrogen) atoms. The molecular weight excluding hydrogens is 305 g/mol. The second kappa shape index (κ2) is 4.87. The highest BCUT2D eigenvalue weighted by molar-refractivity contribution is 6.03. The van der Waals surface area contributed by atoms with Crippen molar-refractivity contribution in [2.24, 2.45) is 0 Å². The van der Waals surface area contributed by atoms with Crippen LogP contribution in [0.2, 0.25) is 0 Å². The standard InChI is InChI=1S/C17H11F3N2O/c18-10-3-1-9(2-4-10)11-7-13(19)15(20)12-8-14-17(23)21-5-6-22(14)16(11)12/h1-4,7-8H,5-6H2,(H,21,23). The lowest BCUT2D eigenvalue weighted by atomic mass is 10.0. The predicted molar refractivity (Wildman–Crippen MR) is 79.6 cm³/mol. The summed E-state index contributed by atoms with van der Waals surface area (Å²) >= 11 is 0. The molecule has 0 spiro atoms. The van der Waals surface area contributed by atoms with Gasteiger partial charge >= 0.3 is 0 Å². The molecule has 0 unspecified atom stereocenters. The van der Waals surface area contributed by atoms with Crippen molar-refractivity contribution < 1.29 is 18.0 Å². The Morgan fingerprint density at radius 1 is 1.04 bits per heavy atom. The van der Waals surface area contributed by atoms with Crippen LogP contribution >= 0.6 is 0 Å². The third kappa shape index (κ3) is 2.02. The Morgan fingerprint density at radius 3 is 2.52 bits per heavy atom. The van der Waals surface area contributed by atoms with Crippen molar-refractivity contribution in [2.75, 3.05) is 6.54 Å². The normalized spacial score (nSPS) is 14.0. The Kier molecular flexibility index (Phi) is 2.94. The smallest absolute Gasteiger partial charge is 0.268 e. The van der Waals surface area contributed by atoms with Gasteiger partial charge in [-0.15, -0.1) is 0 Å². The van der Waals surface area contributed by atoms with E-state index in [-0.39, 0.29) is 11.3 Å². The first-order chi connectivity index (χ1) is 11.1. The van der Waals surface area contributed by atoms with Gasteiger partial charge in [0.05, 0.1) is 5.52 Å². The molecular formula is C17H11F3N2O. The number of aromatic nitrogens is 1. The molecule has 1 aliphatic rings. The lowest BCUT2D eigenvalue weighted by Crippen LogP contribution is -2.34. The van der Waals surface area contributed by atoms with Gasteiger partial charge in [-0.25, -0.2) is 13.2 Å². The van der Waals surface area contributed by atoms with Crippen molar-refractivity contribution >= 4 is 16.8 Å². The minimum atomic E-state index is -1.000. The van der Waals surface area contributed by atoms with Gasteiger partial charge in [-0.2, -0.15) is 0 Å². The quantitative estimate of drug-likeness (QED) is 0.733. The van der Waals surface area contributed by atoms with E-state index in [4.69, 9.17) is 0 Å². The van der Waals surface area contributed by atoms with Crippen molar-refractivity contribution in [3.05, 3.63) is 59.5 Å². The molecule has 0 saturated carbocycles. The van der Waals surface area contributed by atoms with Crippen LogP contribution in [0.5, 0.6) is 0 Å². The molecule has 0 saturated heterocycles. The molecule has 0 fully saturated rings. The summed E-state index contributed by atoms with van der Waals surface area (Å²) in [4.78, 5) is 11.9. The zero-order valence-electron chi connectivity index (χ0n) is 11.9. The number of nitrogens with zero attached hydrogens (tertiary/aromatic N) is 1. The second-order valence-electron chi connectivity index (χ2n) is 5.43. The minimum Gasteiger partial charge on any atom is -0.349 e. The maximum atomic E-state index is 14.2. The molecule has 1 aromatic heterocycles. The maximum Gasteiger partial charge on any atom is 0.268 e. The van der Waals surface area contributed by atoms with E-state index in [2.05, 4.69) is 5.32 Å². The minimum absolute atomic E-state index is 0.0522.